The zero-order chi connectivity index (χ0) is 13.1. The van der Waals surface area contributed by atoms with E-state index >= 15 is 0 Å². The lowest BCUT2D eigenvalue weighted by Gasteiger charge is -2.41. The number of halogens is 1. The summed E-state index contributed by atoms with van der Waals surface area (Å²) >= 11 is 5.51. The molecule has 1 atom stereocenters. The van der Waals surface area contributed by atoms with Crippen molar-refractivity contribution in [1.82, 2.24) is 4.31 Å². The molecule has 0 aliphatic carbocycles. The quantitative estimate of drug-likeness (QED) is 0.744. The van der Waals surface area contributed by atoms with E-state index in [-0.39, 0.29) is 18.9 Å². The third-order valence-electron chi connectivity index (χ3n) is 2.58. The lowest BCUT2D eigenvalue weighted by molar-refractivity contribution is -0.131. The monoisotopic (exact) mass is 285 g/mol. The van der Waals surface area contributed by atoms with Gasteiger partial charge in [-0.05, 0) is 20.3 Å². The molecule has 0 aromatic carbocycles. The predicted octanol–water partition coefficient (Wildman–Crippen LogP) is 0.417. The molecule has 1 fully saturated rings. The van der Waals surface area contributed by atoms with Gasteiger partial charge in [0.2, 0.25) is 10.0 Å². The summed E-state index contributed by atoms with van der Waals surface area (Å²) in [7, 11) is -3.30. The van der Waals surface area contributed by atoms with E-state index in [1.165, 1.54) is 4.31 Å². The van der Waals surface area contributed by atoms with E-state index in [0.717, 1.165) is 0 Å². The molecule has 1 heterocycles. The molecule has 1 rings (SSSR count). The third kappa shape index (κ3) is 4.37. The first-order valence-electron chi connectivity index (χ1n) is 5.63. The Kier molecular flexibility index (Phi) is 5.21. The smallest absolute Gasteiger partial charge is 0.214 e. The Morgan fingerprint density at radius 2 is 2.18 bits per heavy atom. The molecule has 17 heavy (non-hydrogen) atoms. The van der Waals surface area contributed by atoms with E-state index in [2.05, 4.69) is 0 Å². The summed E-state index contributed by atoms with van der Waals surface area (Å²) in [5, 5.41) is 9.12. The van der Waals surface area contributed by atoms with Crippen molar-refractivity contribution in [2.75, 3.05) is 31.3 Å². The highest BCUT2D eigenvalue weighted by atomic mass is 35.5. The molecule has 0 saturated carbocycles. The first kappa shape index (κ1) is 15.2. The minimum atomic E-state index is -3.30. The molecule has 0 amide bonds. The summed E-state index contributed by atoms with van der Waals surface area (Å²) in [6.07, 6.45) is -0.0182. The molecular formula is C10H20ClNO4S. The van der Waals surface area contributed by atoms with Crippen LogP contribution in [0.4, 0.5) is 0 Å². The molecule has 0 bridgehead atoms. The van der Waals surface area contributed by atoms with Crippen LogP contribution in [0.5, 0.6) is 0 Å². The number of morpholine rings is 1. The number of aliphatic hydroxyl groups is 1. The van der Waals surface area contributed by atoms with Gasteiger partial charge in [0.05, 0.1) is 24.1 Å². The Hall–Kier alpha value is 0.120. The van der Waals surface area contributed by atoms with Gasteiger partial charge in [-0.1, -0.05) is 0 Å². The highest BCUT2D eigenvalue weighted by molar-refractivity contribution is 7.89. The molecule has 0 radical (unpaired) electrons. The summed E-state index contributed by atoms with van der Waals surface area (Å²) in [6.45, 7) is 3.99. The van der Waals surface area contributed by atoms with Crippen molar-refractivity contribution < 1.29 is 18.3 Å². The minimum absolute atomic E-state index is 0.0464. The van der Waals surface area contributed by atoms with Crippen LogP contribution < -0.4 is 0 Å². The van der Waals surface area contributed by atoms with Crippen LogP contribution >= 0.6 is 11.6 Å². The molecule has 1 saturated heterocycles. The maximum absolute atomic E-state index is 12.0. The Morgan fingerprint density at radius 3 is 2.71 bits per heavy atom. The number of ether oxygens (including phenoxy) is 1. The van der Waals surface area contributed by atoms with Gasteiger partial charge in [0.15, 0.2) is 0 Å². The summed E-state index contributed by atoms with van der Waals surface area (Å²) in [4.78, 5) is 0. The van der Waals surface area contributed by atoms with Gasteiger partial charge in [-0.3, -0.25) is 0 Å². The van der Waals surface area contributed by atoms with E-state index in [1.54, 1.807) is 0 Å². The molecule has 1 aliphatic rings. The van der Waals surface area contributed by atoms with Gasteiger partial charge in [-0.25, -0.2) is 8.42 Å². The predicted molar refractivity (Wildman–Crippen MR) is 66.7 cm³/mol. The first-order chi connectivity index (χ1) is 7.80. The second-order valence-corrected chi connectivity index (χ2v) is 7.30. The first-order valence-corrected chi connectivity index (χ1v) is 7.77. The SMILES string of the molecule is CC1(C)CN(S(=O)(=O)CCCCl)CC(CO)O1. The fourth-order valence-corrected chi connectivity index (χ4v) is 3.88. The topological polar surface area (TPSA) is 66.8 Å². The third-order valence-corrected chi connectivity index (χ3v) is 4.72. The van der Waals surface area contributed by atoms with E-state index in [9.17, 15) is 8.42 Å². The number of sulfonamides is 1. The van der Waals surface area contributed by atoms with Crippen molar-refractivity contribution >= 4 is 21.6 Å². The second-order valence-electron chi connectivity index (χ2n) is 4.83. The fraction of sp³-hybridized carbons (Fsp3) is 1.00. The van der Waals surface area contributed by atoms with Crippen LogP contribution in [0.1, 0.15) is 20.3 Å². The molecular weight excluding hydrogens is 266 g/mol. The van der Waals surface area contributed by atoms with Crippen molar-refractivity contribution in [3.8, 4) is 0 Å². The van der Waals surface area contributed by atoms with Crippen molar-refractivity contribution in [1.29, 1.82) is 0 Å². The lowest BCUT2D eigenvalue weighted by Crippen LogP contribution is -2.55. The van der Waals surface area contributed by atoms with Gasteiger partial charge >= 0.3 is 0 Å². The lowest BCUT2D eigenvalue weighted by atomic mass is 10.1. The van der Waals surface area contributed by atoms with Crippen molar-refractivity contribution in [2.45, 2.75) is 32.0 Å². The van der Waals surface area contributed by atoms with Gasteiger partial charge in [-0.15, -0.1) is 11.6 Å². The minimum Gasteiger partial charge on any atom is -0.394 e. The second kappa shape index (κ2) is 5.84. The van der Waals surface area contributed by atoms with Crippen LogP contribution in [0, 0.1) is 0 Å². The number of alkyl halides is 1. The van der Waals surface area contributed by atoms with E-state index in [4.69, 9.17) is 21.4 Å². The highest BCUT2D eigenvalue weighted by Crippen LogP contribution is 2.23. The van der Waals surface area contributed by atoms with Gasteiger partial charge < -0.3 is 9.84 Å². The van der Waals surface area contributed by atoms with E-state index in [0.29, 0.717) is 18.8 Å². The number of hydrogen-bond acceptors (Lipinski definition) is 4. The average Bonchev–Trinajstić information content (AvgIpc) is 2.24. The largest absolute Gasteiger partial charge is 0.394 e. The average molecular weight is 286 g/mol. The van der Waals surface area contributed by atoms with Crippen molar-refractivity contribution in [2.24, 2.45) is 0 Å². The molecule has 0 aromatic rings. The molecule has 1 unspecified atom stereocenters. The van der Waals surface area contributed by atoms with Crippen molar-refractivity contribution in [3.63, 3.8) is 0 Å². The van der Waals surface area contributed by atoms with Gasteiger partial charge in [0.25, 0.3) is 0 Å². The van der Waals surface area contributed by atoms with Crippen LogP contribution in [0.15, 0.2) is 0 Å². The Morgan fingerprint density at radius 1 is 1.53 bits per heavy atom. The van der Waals surface area contributed by atoms with Gasteiger partial charge in [0.1, 0.15) is 0 Å². The zero-order valence-electron chi connectivity index (χ0n) is 10.2. The Labute approximate surface area is 108 Å². The Bertz CT molecular complexity index is 344. The maximum Gasteiger partial charge on any atom is 0.214 e. The summed E-state index contributed by atoms with van der Waals surface area (Å²) < 4.78 is 31.0. The zero-order valence-corrected chi connectivity index (χ0v) is 11.8. The van der Waals surface area contributed by atoms with Crippen LogP contribution in [0.25, 0.3) is 0 Å². The normalized spacial score (nSPS) is 26.0. The van der Waals surface area contributed by atoms with Gasteiger partial charge in [-0.2, -0.15) is 4.31 Å². The van der Waals surface area contributed by atoms with Crippen molar-refractivity contribution in [3.05, 3.63) is 0 Å². The summed E-state index contributed by atoms with van der Waals surface area (Å²) in [5.74, 6) is 0.376. The van der Waals surface area contributed by atoms with Crippen LogP contribution in [-0.4, -0.2) is 60.9 Å². The van der Waals surface area contributed by atoms with Crippen LogP contribution in [0.2, 0.25) is 0 Å². The molecule has 0 spiro atoms. The molecule has 7 heteroatoms. The summed E-state index contributed by atoms with van der Waals surface area (Å²) in [6, 6.07) is 0. The highest BCUT2D eigenvalue weighted by Gasteiger charge is 2.38. The number of nitrogens with zero attached hydrogens (tertiary/aromatic N) is 1. The number of hydrogen-bond donors (Lipinski definition) is 1. The van der Waals surface area contributed by atoms with E-state index < -0.39 is 21.7 Å². The number of aliphatic hydroxyl groups excluding tert-OH is 1. The van der Waals surface area contributed by atoms with E-state index in [1.807, 2.05) is 13.8 Å². The molecule has 0 aromatic heterocycles. The molecule has 1 N–H and O–H groups in total. The summed E-state index contributed by atoms with van der Waals surface area (Å²) in [5.41, 5.74) is -0.570. The number of rotatable bonds is 5. The van der Waals surface area contributed by atoms with Gasteiger partial charge in [0, 0.05) is 19.0 Å². The maximum atomic E-state index is 12.0. The van der Waals surface area contributed by atoms with Crippen LogP contribution in [-0.2, 0) is 14.8 Å². The molecule has 102 valence electrons. The fourth-order valence-electron chi connectivity index (χ4n) is 1.92. The molecule has 1 aliphatic heterocycles. The van der Waals surface area contributed by atoms with Crippen LogP contribution in [0.3, 0.4) is 0 Å². The standard InChI is InChI=1S/C10H20ClNO4S/c1-10(2)8-12(6-9(7-13)16-10)17(14,15)5-3-4-11/h9,13H,3-8H2,1-2H3. The molecule has 5 nitrogen and oxygen atoms in total. The Balaban J connectivity index is 2.76.